The number of hydrogen-bond acceptors (Lipinski definition) is 3. The summed E-state index contributed by atoms with van der Waals surface area (Å²) in [6, 6.07) is 0. The van der Waals surface area contributed by atoms with E-state index in [0.29, 0.717) is 6.10 Å². The number of nitrogens with two attached hydrogens (primary N) is 1. The molecule has 1 aliphatic heterocycles. The molecule has 0 spiro atoms. The smallest absolute Gasteiger partial charge is 0.0700 e. The van der Waals surface area contributed by atoms with Crippen molar-refractivity contribution in [2.75, 3.05) is 26.2 Å². The van der Waals surface area contributed by atoms with Gasteiger partial charge in [0.1, 0.15) is 0 Å². The predicted octanol–water partition coefficient (Wildman–Crippen LogP) is -0.286. The van der Waals surface area contributed by atoms with Crippen molar-refractivity contribution >= 4 is 0 Å². The lowest BCUT2D eigenvalue weighted by atomic mass is 10.2. The van der Waals surface area contributed by atoms with E-state index in [1.807, 2.05) is 0 Å². The molecule has 1 rings (SSSR count). The van der Waals surface area contributed by atoms with E-state index in [9.17, 15) is 0 Å². The molecule has 3 N–H and O–H groups in total. The van der Waals surface area contributed by atoms with Gasteiger partial charge in [0.15, 0.2) is 0 Å². The van der Waals surface area contributed by atoms with Gasteiger partial charge >= 0.3 is 0 Å². The van der Waals surface area contributed by atoms with Gasteiger partial charge in [0.05, 0.1) is 12.7 Å². The second-order valence-corrected chi connectivity index (χ2v) is 2.63. The predicted molar refractivity (Wildman–Crippen MR) is 40.9 cm³/mol. The van der Waals surface area contributed by atoms with Crippen molar-refractivity contribution in [2.45, 2.75) is 18.9 Å². The zero-order valence-electron chi connectivity index (χ0n) is 6.31. The van der Waals surface area contributed by atoms with Gasteiger partial charge in [-0.25, -0.2) is 0 Å². The van der Waals surface area contributed by atoms with Crippen LogP contribution in [0, 0.1) is 0 Å². The highest BCUT2D eigenvalue weighted by Gasteiger charge is 2.11. The lowest BCUT2D eigenvalue weighted by Gasteiger charge is -2.23. The highest BCUT2D eigenvalue weighted by molar-refractivity contribution is 4.66. The average molecular weight is 144 g/mol. The first-order valence-corrected chi connectivity index (χ1v) is 3.96. The maximum absolute atomic E-state index is 5.46. The van der Waals surface area contributed by atoms with Crippen LogP contribution >= 0.6 is 0 Å². The van der Waals surface area contributed by atoms with Gasteiger partial charge in [0, 0.05) is 13.1 Å². The normalized spacial score (nSPS) is 26.7. The van der Waals surface area contributed by atoms with Crippen molar-refractivity contribution in [3.05, 3.63) is 0 Å². The van der Waals surface area contributed by atoms with Gasteiger partial charge in [-0.15, -0.1) is 0 Å². The Morgan fingerprint density at radius 1 is 1.60 bits per heavy atom. The number of nitrogens with one attached hydrogen (secondary N) is 1. The van der Waals surface area contributed by atoms with Crippen LogP contribution in [0.15, 0.2) is 0 Å². The first-order valence-electron chi connectivity index (χ1n) is 3.96. The number of morpholine rings is 1. The third-order valence-electron chi connectivity index (χ3n) is 1.73. The Balaban J connectivity index is 2.02. The monoisotopic (exact) mass is 144 g/mol. The Morgan fingerprint density at radius 3 is 3.10 bits per heavy atom. The first kappa shape index (κ1) is 7.98. The molecule has 3 nitrogen and oxygen atoms in total. The van der Waals surface area contributed by atoms with Gasteiger partial charge in [0.2, 0.25) is 0 Å². The summed E-state index contributed by atoms with van der Waals surface area (Å²) in [5.41, 5.74) is 5.37. The molecule has 1 fully saturated rings. The van der Waals surface area contributed by atoms with E-state index in [4.69, 9.17) is 10.5 Å². The Labute approximate surface area is 61.9 Å². The zero-order chi connectivity index (χ0) is 7.23. The Hall–Kier alpha value is -0.120. The lowest BCUT2D eigenvalue weighted by Crippen LogP contribution is -2.38. The maximum atomic E-state index is 5.46. The standard InChI is InChI=1S/C7H16N2O/c8-3-1-2-7-6-9-4-5-10-7/h7,9H,1-6,8H2/t7-/m0/s1. The molecule has 0 radical (unpaired) electrons. The van der Waals surface area contributed by atoms with Crippen LogP contribution in [0.5, 0.6) is 0 Å². The molecule has 1 aliphatic rings. The fraction of sp³-hybridized carbons (Fsp3) is 1.00. The number of ether oxygens (including phenoxy) is 1. The van der Waals surface area contributed by atoms with Crippen molar-refractivity contribution in [3.63, 3.8) is 0 Å². The maximum Gasteiger partial charge on any atom is 0.0700 e. The minimum atomic E-state index is 0.414. The van der Waals surface area contributed by atoms with Crippen LogP contribution in [0.25, 0.3) is 0 Å². The summed E-state index contributed by atoms with van der Waals surface area (Å²) >= 11 is 0. The summed E-state index contributed by atoms with van der Waals surface area (Å²) in [4.78, 5) is 0. The molecule has 0 saturated carbocycles. The fourth-order valence-electron chi connectivity index (χ4n) is 1.15. The van der Waals surface area contributed by atoms with Crippen LogP contribution in [0.2, 0.25) is 0 Å². The Kier molecular flexibility index (Phi) is 3.72. The van der Waals surface area contributed by atoms with Crippen LogP contribution in [0.3, 0.4) is 0 Å². The van der Waals surface area contributed by atoms with Crippen molar-refractivity contribution in [1.82, 2.24) is 5.32 Å². The molecule has 0 aliphatic carbocycles. The fourth-order valence-corrected chi connectivity index (χ4v) is 1.15. The van der Waals surface area contributed by atoms with Crippen LogP contribution in [0.1, 0.15) is 12.8 Å². The highest BCUT2D eigenvalue weighted by Crippen LogP contribution is 2.02. The third kappa shape index (κ3) is 2.64. The summed E-state index contributed by atoms with van der Waals surface area (Å²) in [6.07, 6.45) is 2.59. The molecule has 3 heteroatoms. The van der Waals surface area contributed by atoms with Crippen LogP contribution in [0.4, 0.5) is 0 Å². The molecule has 1 atom stereocenters. The quantitative estimate of drug-likeness (QED) is 0.572. The molecule has 10 heavy (non-hydrogen) atoms. The van der Waals surface area contributed by atoms with Crippen LogP contribution in [-0.2, 0) is 4.74 Å². The minimum absolute atomic E-state index is 0.414. The van der Waals surface area contributed by atoms with Crippen LogP contribution < -0.4 is 11.1 Å². The van der Waals surface area contributed by atoms with E-state index in [0.717, 1.165) is 39.1 Å². The molecular formula is C7H16N2O. The van der Waals surface area contributed by atoms with Gasteiger partial charge in [-0.1, -0.05) is 0 Å². The van der Waals surface area contributed by atoms with Gasteiger partial charge < -0.3 is 15.8 Å². The minimum Gasteiger partial charge on any atom is -0.376 e. The molecule has 1 saturated heterocycles. The van der Waals surface area contributed by atoms with Crippen molar-refractivity contribution in [2.24, 2.45) is 5.73 Å². The highest BCUT2D eigenvalue weighted by atomic mass is 16.5. The third-order valence-corrected chi connectivity index (χ3v) is 1.73. The van der Waals surface area contributed by atoms with Gasteiger partial charge in [0.25, 0.3) is 0 Å². The molecule has 0 aromatic carbocycles. The van der Waals surface area contributed by atoms with E-state index in [2.05, 4.69) is 5.32 Å². The van der Waals surface area contributed by atoms with Gasteiger partial charge in [-0.2, -0.15) is 0 Å². The summed E-state index contributed by atoms with van der Waals surface area (Å²) in [5, 5.41) is 3.28. The SMILES string of the molecule is NCCC[C@H]1CNCCO1. The Morgan fingerprint density at radius 2 is 2.50 bits per heavy atom. The number of hydrogen-bond donors (Lipinski definition) is 2. The van der Waals surface area contributed by atoms with Crippen molar-refractivity contribution < 1.29 is 4.74 Å². The first-order chi connectivity index (χ1) is 4.93. The van der Waals surface area contributed by atoms with Gasteiger partial charge in [-0.05, 0) is 19.4 Å². The topological polar surface area (TPSA) is 47.3 Å². The summed E-state index contributed by atoms with van der Waals surface area (Å²) in [7, 11) is 0. The molecule has 0 bridgehead atoms. The molecule has 0 aromatic rings. The summed E-state index contributed by atoms with van der Waals surface area (Å²) in [5.74, 6) is 0. The summed E-state index contributed by atoms with van der Waals surface area (Å²) < 4.78 is 5.46. The van der Waals surface area contributed by atoms with Crippen molar-refractivity contribution in [1.29, 1.82) is 0 Å². The lowest BCUT2D eigenvalue weighted by molar-refractivity contribution is 0.0228. The van der Waals surface area contributed by atoms with E-state index in [1.165, 1.54) is 0 Å². The molecular weight excluding hydrogens is 128 g/mol. The zero-order valence-corrected chi connectivity index (χ0v) is 6.31. The van der Waals surface area contributed by atoms with Crippen molar-refractivity contribution in [3.8, 4) is 0 Å². The molecule has 1 heterocycles. The molecule has 60 valence electrons. The van der Waals surface area contributed by atoms with E-state index in [-0.39, 0.29) is 0 Å². The molecule has 0 amide bonds. The van der Waals surface area contributed by atoms with E-state index < -0.39 is 0 Å². The largest absolute Gasteiger partial charge is 0.376 e. The second kappa shape index (κ2) is 4.66. The van der Waals surface area contributed by atoms with Gasteiger partial charge in [-0.3, -0.25) is 0 Å². The molecule has 0 unspecified atom stereocenters. The molecule has 0 aromatic heterocycles. The number of rotatable bonds is 3. The summed E-state index contributed by atoms with van der Waals surface area (Å²) in [6.45, 7) is 3.63. The average Bonchev–Trinajstić information content (AvgIpc) is 2.03. The second-order valence-electron chi connectivity index (χ2n) is 2.63. The van der Waals surface area contributed by atoms with E-state index >= 15 is 0 Å². The van der Waals surface area contributed by atoms with E-state index in [1.54, 1.807) is 0 Å². The Bertz CT molecular complexity index is 81.7. The van der Waals surface area contributed by atoms with Crippen LogP contribution in [-0.4, -0.2) is 32.3 Å².